The van der Waals surface area contributed by atoms with Gasteiger partial charge in [-0.25, -0.2) is 4.98 Å². The van der Waals surface area contributed by atoms with Crippen molar-refractivity contribution < 1.29 is 9.90 Å². The van der Waals surface area contributed by atoms with Crippen molar-refractivity contribution in [1.29, 1.82) is 0 Å². The van der Waals surface area contributed by atoms with Gasteiger partial charge >= 0.3 is 5.97 Å². The maximum atomic E-state index is 12.0. The molecule has 106 valence electrons. The summed E-state index contributed by atoms with van der Waals surface area (Å²) in [6.07, 6.45) is 2.78. The number of hydrogen-bond acceptors (Lipinski definition) is 5. The molecule has 6 nitrogen and oxygen atoms in total. The largest absolute Gasteiger partial charge is 0.480 e. The Morgan fingerprint density at radius 2 is 2.40 bits per heavy atom. The monoisotopic (exact) mass is 293 g/mol. The molecule has 0 spiro atoms. The molecule has 2 N–H and O–H groups in total. The number of carbonyl (C=O) groups is 1. The second-order valence-corrected chi connectivity index (χ2v) is 5.38. The number of aromatic nitrogens is 2. The summed E-state index contributed by atoms with van der Waals surface area (Å²) in [6, 6.07) is 4.02. The first-order valence-electron chi connectivity index (χ1n) is 6.12. The topological polar surface area (TPSA) is 84.2 Å². The summed E-state index contributed by atoms with van der Waals surface area (Å²) in [5, 5.41) is 13.7. The fraction of sp³-hybridized carbons (Fsp3) is 0.308. The van der Waals surface area contributed by atoms with Crippen molar-refractivity contribution in [3.05, 3.63) is 45.1 Å². The SMILES string of the molecule is CC(CNc1nccn(CC(=O)O)c1=O)c1cccs1. The van der Waals surface area contributed by atoms with Crippen molar-refractivity contribution in [2.45, 2.75) is 19.4 Å². The molecule has 0 aliphatic heterocycles. The third-order valence-electron chi connectivity index (χ3n) is 2.82. The Kier molecular flexibility index (Phi) is 4.52. The van der Waals surface area contributed by atoms with Gasteiger partial charge in [0.25, 0.3) is 5.56 Å². The van der Waals surface area contributed by atoms with Gasteiger partial charge in [-0.3, -0.25) is 14.2 Å². The fourth-order valence-corrected chi connectivity index (χ4v) is 2.55. The zero-order valence-electron chi connectivity index (χ0n) is 10.9. The van der Waals surface area contributed by atoms with Gasteiger partial charge in [-0.1, -0.05) is 13.0 Å². The number of thiophene rings is 1. The normalized spacial score (nSPS) is 12.1. The van der Waals surface area contributed by atoms with Crippen LogP contribution >= 0.6 is 11.3 Å². The average molecular weight is 293 g/mol. The predicted molar refractivity (Wildman–Crippen MR) is 77.4 cm³/mol. The molecule has 1 atom stereocenters. The molecule has 0 bridgehead atoms. The van der Waals surface area contributed by atoms with Crippen LogP contribution in [0.1, 0.15) is 17.7 Å². The van der Waals surface area contributed by atoms with E-state index in [2.05, 4.69) is 17.2 Å². The van der Waals surface area contributed by atoms with E-state index in [9.17, 15) is 9.59 Å². The number of nitrogens with one attached hydrogen (secondary N) is 1. The lowest BCUT2D eigenvalue weighted by Gasteiger charge is -2.11. The summed E-state index contributed by atoms with van der Waals surface area (Å²) < 4.78 is 1.12. The molecular formula is C13H15N3O3S. The van der Waals surface area contributed by atoms with Crippen molar-refractivity contribution >= 4 is 23.1 Å². The lowest BCUT2D eigenvalue weighted by Crippen LogP contribution is -2.28. The van der Waals surface area contributed by atoms with Crippen LogP contribution < -0.4 is 10.9 Å². The van der Waals surface area contributed by atoms with E-state index >= 15 is 0 Å². The quantitative estimate of drug-likeness (QED) is 0.845. The lowest BCUT2D eigenvalue weighted by atomic mass is 10.1. The zero-order chi connectivity index (χ0) is 14.5. The zero-order valence-corrected chi connectivity index (χ0v) is 11.8. The molecule has 0 saturated heterocycles. The van der Waals surface area contributed by atoms with Gasteiger partial charge in [0.05, 0.1) is 0 Å². The summed E-state index contributed by atoms with van der Waals surface area (Å²) >= 11 is 1.66. The minimum absolute atomic E-state index is 0.178. The summed E-state index contributed by atoms with van der Waals surface area (Å²) in [4.78, 5) is 27.8. The number of rotatable bonds is 6. The van der Waals surface area contributed by atoms with Gasteiger partial charge in [-0.2, -0.15) is 0 Å². The van der Waals surface area contributed by atoms with E-state index in [0.717, 1.165) is 4.57 Å². The molecule has 2 aromatic rings. The Morgan fingerprint density at radius 1 is 1.60 bits per heavy atom. The van der Waals surface area contributed by atoms with Crippen LogP contribution in [-0.4, -0.2) is 27.2 Å². The first-order valence-corrected chi connectivity index (χ1v) is 7.00. The van der Waals surface area contributed by atoms with Crippen molar-refractivity contribution in [1.82, 2.24) is 9.55 Å². The third kappa shape index (κ3) is 3.45. The number of carboxylic acids is 1. The molecule has 20 heavy (non-hydrogen) atoms. The van der Waals surface area contributed by atoms with E-state index in [4.69, 9.17) is 5.11 Å². The van der Waals surface area contributed by atoms with Gasteiger partial charge in [0, 0.05) is 29.7 Å². The highest BCUT2D eigenvalue weighted by atomic mass is 32.1. The highest BCUT2D eigenvalue weighted by Gasteiger charge is 2.10. The Hall–Kier alpha value is -2.15. The molecule has 0 aliphatic rings. The van der Waals surface area contributed by atoms with Crippen LogP contribution in [0.4, 0.5) is 5.82 Å². The minimum Gasteiger partial charge on any atom is -0.480 e. The number of anilines is 1. The second-order valence-electron chi connectivity index (χ2n) is 4.40. The average Bonchev–Trinajstić information content (AvgIpc) is 2.93. The molecular weight excluding hydrogens is 278 g/mol. The Balaban J connectivity index is 2.06. The summed E-state index contributed by atoms with van der Waals surface area (Å²) in [5.74, 6) is -0.627. The molecule has 0 saturated carbocycles. The first kappa shape index (κ1) is 14.3. The van der Waals surface area contributed by atoms with E-state index in [0.29, 0.717) is 6.54 Å². The molecule has 1 unspecified atom stereocenters. The number of carboxylic acid groups (broad SMARTS) is 1. The van der Waals surface area contributed by atoms with Crippen LogP contribution in [0, 0.1) is 0 Å². The number of hydrogen-bond donors (Lipinski definition) is 2. The van der Waals surface area contributed by atoms with Gasteiger partial charge in [0.1, 0.15) is 6.54 Å². The third-order valence-corrected chi connectivity index (χ3v) is 3.93. The van der Waals surface area contributed by atoms with E-state index in [1.807, 2.05) is 17.5 Å². The number of aliphatic carboxylic acids is 1. The summed E-state index contributed by atoms with van der Waals surface area (Å²) in [7, 11) is 0. The number of nitrogens with zero attached hydrogens (tertiary/aromatic N) is 2. The highest BCUT2D eigenvalue weighted by Crippen LogP contribution is 2.20. The first-order chi connectivity index (χ1) is 9.58. The van der Waals surface area contributed by atoms with E-state index < -0.39 is 11.5 Å². The smallest absolute Gasteiger partial charge is 0.323 e. The molecule has 2 rings (SSSR count). The molecule has 2 aromatic heterocycles. The van der Waals surface area contributed by atoms with Crippen LogP contribution in [-0.2, 0) is 11.3 Å². The van der Waals surface area contributed by atoms with E-state index in [1.165, 1.54) is 17.3 Å². The van der Waals surface area contributed by atoms with Crippen LogP contribution in [0.25, 0.3) is 0 Å². The highest BCUT2D eigenvalue weighted by molar-refractivity contribution is 7.10. The molecule has 0 aromatic carbocycles. The predicted octanol–water partition coefficient (Wildman–Crippen LogP) is 1.60. The van der Waals surface area contributed by atoms with Crippen molar-refractivity contribution in [2.24, 2.45) is 0 Å². The lowest BCUT2D eigenvalue weighted by molar-refractivity contribution is -0.137. The Morgan fingerprint density at radius 3 is 3.05 bits per heavy atom. The molecule has 0 aliphatic carbocycles. The molecule has 2 heterocycles. The molecule has 0 radical (unpaired) electrons. The van der Waals surface area contributed by atoms with Crippen molar-refractivity contribution in [3.63, 3.8) is 0 Å². The Bertz CT molecular complexity index is 637. The van der Waals surface area contributed by atoms with Gasteiger partial charge in [-0.05, 0) is 11.4 Å². The van der Waals surface area contributed by atoms with Crippen LogP contribution in [0.3, 0.4) is 0 Å². The van der Waals surface area contributed by atoms with Gasteiger partial charge in [-0.15, -0.1) is 11.3 Å². The maximum Gasteiger partial charge on any atom is 0.323 e. The van der Waals surface area contributed by atoms with E-state index in [-0.39, 0.29) is 18.3 Å². The van der Waals surface area contributed by atoms with Crippen LogP contribution in [0.2, 0.25) is 0 Å². The summed E-state index contributed by atoms with van der Waals surface area (Å²) in [5.41, 5.74) is -0.423. The molecule has 7 heteroatoms. The minimum atomic E-state index is -1.06. The van der Waals surface area contributed by atoms with Crippen molar-refractivity contribution in [3.8, 4) is 0 Å². The molecule has 0 fully saturated rings. The summed E-state index contributed by atoms with van der Waals surface area (Å²) in [6.45, 7) is 2.26. The van der Waals surface area contributed by atoms with Crippen LogP contribution in [0.15, 0.2) is 34.7 Å². The van der Waals surface area contributed by atoms with Crippen molar-refractivity contribution in [2.75, 3.05) is 11.9 Å². The second kappa shape index (κ2) is 6.33. The van der Waals surface area contributed by atoms with Gasteiger partial charge < -0.3 is 10.4 Å². The van der Waals surface area contributed by atoms with E-state index in [1.54, 1.807) is 11.3 Å². The maximum absolute atomic E-state index is 12.0. The van der Waals surface area contributed by atoms with Gasteiger partial charge in [0.2, 0.25) is 0 Å². The van der Waals surface area contributed by atoms with Gasteiger partial charge in [0.15, 0.2) is 5.82 Å². The Labute approximate surface area is 119 Å². The molecule has 0 amide bonds. The fourth-order valence-electron chi connectivity index (χ4n) is 1.76. The standard InChI is InChI=1S/C13H15N3O3S/c1-9(10-3-2-6-20-10)7-15-12-13(19)16(5-4-14-12)8-11(17)18/h2-6,9H,7-8H2,1H3,(H,14,15)(H,17,18). The van der Waals surface area contributed by atoms with Crippen LogP contribution in [0.5, 0.6) is 0 Å².